The second kappa shape index (κ2) is 8.94. The van der Waals surface area contributed by atoms with Gasteiger partial charge in [-0.05, 0) is 32.3 Å². The van der Waals surface area contributed by atoms with E-state index in [0.29, 0.717) is 30.6 Å². The van der Waals surface area contributed by atoms with Crippen LogP contribution in [0.3, 0.4) is 0 Å². The van der Waals surface area contributed by atoms with Crippen molar-refractivity contribution in [3.05, 3.63) is 29.8 Å². The molecule has 3 atom stereocenters. The summed E-state index contributed by atoms with van der Waals surface area (Å²) in [6, 6.07) is 6.20. The third-order valence-corrected chi connectivity index (χ3v) is 6.57. The molecule has 2 amide bonds. The first kappa shape index (κ1) is 22.6. The van der Waals surface area contributed by atoms with Gasteiger partial charge in [-0.1, -0.05) is 18.2 Å². The lowest BCUT2D eigenvalue weighted by molar-refractivity contribution is -0.137. The van der Waals surface area contributed by atoms with Gasteiger partial charge in [0.15, 0.2) is 5.78 Å². The number of rotatable bonds is 8. The molecule has 1 aliphatic heterocycles. The molecule has 0 unspecified atom stereocenters. The summed E-state index contributed by atoms with van der Waals surface area (Å²) in [6.07, 6.45) is 2.00. The lowest BCUT2D eigenvalue weighted by atomic mass is 10.1. The number of Topliss-reactive ketones (excluding diaryl/α,β-unsaturated/α-hetero) is 1. The van der Waals surface area contributed by atoms with Crippen molar-refractivity contribution in [2.45, 2.75) is 49.5 Å². The number of nitrogens with zero attached hydrogens (tertiary/aromatic N) is 1. The Morgan fingerprint density at radius 3 is 2.60 bits per heavy atom. The Morgan fingerprint density at radius 1 is 1.30 bits per heavy atom. The van der Waals surface area contributed by atoms with Crippen LogP contribution in [-0.2, 0) is 14.4 Å². The first-order valence-electron chi connectivity index (χ1n) is 10.0. The summed E-state index contributed by atoms with van der Waals surface area (Å²) in [5.41, 5.74) is 0.860. The van der Waals surface area contributed by atoms with Crippen LogP contribution in [0.4, 0.5) is 5.69 Å². The van der Waals surface area contributed by atoms with E-state index in [4.69, 9.17) is 28.6 Å². The quantitative estimate of drug-likeness (QED) is 0.416. The molecule has 1 heterocycles. The Morgan fingerprint density at radius 2 is 1.97 bits per heavy atom. The molecule has 7 nitrogen and oxygen atoms in total. The van der Waals surface area contributed by atoms with E-state index in [0.717, 1.165) is 6.42 Å². The maximum absolute atomic E-state index is 12.8. The van der Waals surface area contributed by atoms with Crippen LogP contribution in [0.25, 0.3) is 0 Å². The number of hydrogen-bond donors (Lipinski definition) is 3. The summed E-state index contributed by atoms with van der Waals surface area (Å²) in [5.74, 6) is -0.734. The number of halogens is 2. The minimum atomic E-state index is -0.775. The van der Waals surface area contributed by atoms with Gasteiger partial charge < -0.3 is 15.5 Å². The lowest BCUT2D eigenvalue weighted by Crippen LogP contribution is -2.50. The molecule has 1 saturated carbocycles. The highest BCUT2D eigenvalue weighted by atomic mass is 35.5. The van der Waals surface area contributed by atoms with Crippen molar-refractivity contribution in [2.75, 3.05) is 18.4 Å². The molecular weight excluding hydrogens is 427 g/mol. The van der Waals surface area contributed by atoms with E-state index in [1.54, 1.807) is 29.2 Å². The molecule has 0 radical (unpaired) electrons. The van der Waals surface area contributed by atoms with Crippen LogP contribution in [0.5, 0.6) is 0 Å². The monoisotopic (exact) mass is 452 g/mol. The van der Waals surface area contributed by atoms with E-state index in [-0.39, 0.29) is 41.8 Å². The number of amides is 2. The fourth-order valence-corrected chi connectivity index (χ4v) is 4.56. The van der Waals surface area contributed by atoms with Crippen molar-refractivity contribution < 1.29 is 14.4 Å². The normalized spacial score (nSPS) is 22.9. The first-order valence-corrected chi connectivity index (χ1v) is 10.8. The second-order valence-electron chi connectivity index (χ2n) is 7.94. The summed E-state index contributed by atoms with van der Waals surface area (Å²) in [6.45, 7) is 3.68. The van der Waals surface area contributed by atoms with Gasteiger partial charge >= 0.3 is 0 Å². The molecule has 1 aromatic carbocycles. The van der Waals surface area contributed by atoms with E-state index in [1.165, 1.54) is 6.92 Å². The highest BCUT2D eigenvalue weighted by Gasteiger charge is 2.55. The molecule has 3 N–H and O–H groups in total. The largest absolute Gasteiger partial charge is 0.376 e. The summed E-state index contributed by atoms with van der Waals surface area (Å²) in [4.78, 5) is 38.7. The summed E-state index contributed by atoms with van der Waals surface area (Å²) >= 11 is 12.2. The molecule has 1 aromatic rings. The number of para-hydroxylation sites is 1. The first-order chi connectivity index (χ1) is 14.1. The van der Waals surface area contributed by atoms with E-state index in [1.807, 2.05) is 6.92 Å². The van der Waals surface area contributed by atoms with Gasteiger partial charge in [0.25, 0.3) is 0 Å². The molecule has 1 saturated heterocycles. The third-order valence-electron chi connectivity index (χ3n) is 5.70. The van der Waals surface area contributed by atoms with Gasteiger partial charge in [0, 0.05) is 36.7 Å². The van der Waals surface area contributed by atoms with Crippen LogP contribution in [0.2, 0.25) is 0 Å². The van der Waals surface area contributed by atoms with E-state index in [2.05, 4.69) is 10.6 Å². The van der Waals surface area contributed by atoms with Crippen molar-refractivity contribution in [1.82, 2.24) is 10.2 Å². The van der Waals surface area contributed by atoms with Crippen LogP contribution >= 0.6 is 23.2 Å². The highest BCUT2D eigenvalue weighted by molar-refractivity contribution is 6.51. The van der Waals surface area contributed by atoms with Crippen LogP contribution < -0.4 is 10.6 Å². The Balaban J connectivity index is 1.59. The zero-order valence-electron chi connectivity index (χ0n) is 17.0. The average molecular weight is 453 g/mol. The van der Waals surface area contributed by atoms with Gasteiger partial charge in [-0.25, -0.2) is 0 Å². The summed E-state index contributed by atoms with van der Waals surface area (Å²) in [5, 5.41) is 13.9. The van der Waals surface area contributed by atoms with E-state index < -0.39 is 10.4 Å². The summed E-state index contributed by atoms with van der Waals surface area (Å²) < 4.78 is -0.775. The minimum Gasteiger partial charge on any atom is -0.376 e. The molecule has 0 spiro atoms. The molecular formula is C21H26Cl2N4O3. The van der Waals surface area contributed by atoms with Gasteiger partial charge in [-0.15, -0.1) is 23.2 Å². The number of alkyl halides is 2. The highest BCUT2D eigenvalue weighted by Crippen LogP contribution is 2.54. The Bertz CT molecular complexity index is 874. The number of benzene rings is 1. The van der Waals surface area contributed by atoms with Gasteiger partial charge in [-0.2, -0.15) is 0 Å². The van der Waals surface area contributed by atoms with Gasteiger partial charge in [0.2, 0.25) is 11.8 Å². The van der Waals surface area contributed by atoms with Crippen LogP contribution in [0.1, 0.15) is 38.7 Å². The van der Waals surface area contributed by atoms with Gasteiger partial charge in [-0.3, -0.25) is 19.8 Å². The maximum Gasteiger partial charge on any atom is 0.243 e. The maximum atomic E-state index is 12.8. The Kier molecular flexibility index (Phi) is 6.72. The van der Waals surface area contributed by atoms with E-state index >= 15 is 0 Å². The number of ketones is 1. The predicted octanol–water partition coefficient (Wildman–Crippen LogP) is 2.74. The Hall–Kier alpha value is -2.12. The molecule has 3 rings (SSSR count). The zero-order valence-corrected chi connectivity index (χ0v) is 18.5. The van der Waals surface area contributed by atoms with Crippen LogP contribution in [0.15, 0.2) is 24.3 Å². The third kappa shape index (κ3) is 4.95. The molecule has 2 fully saturated rings. The minimum absolute atomic E-state index is 0.0186. The van der Waals surface area contributed by atoms with Crippen molar-refractivity contribution in [3.8, 4) is 0 Å². The van der Waals surface area contributed by atoms with Gasteiger partial charge in [0.1, 0.15) is 16.1 Å². The predicted molar refractivity (Wildman–Crippen MR) is 117 cm³/mol. The van der Waals surface area contributed by atoms with Crippen LogP contribution in [0, 0.1) is 11.3 Å². The lowest BCUT2D eigenvalue weighted by Gasteiger charge is -2.26. The fraction of sp³-hybridized carbons (Fsp3) is 0.524. The number of carbonyl (C=O) groups is 3. The zero-order chi connectivity index (χ0) is 22.1. The fourth-order valence-electron chi connectivity index (χ4n) is 3.85. The Labute approximate surface area is 186 Å². The molecule has 0 aromatic heterocycles. The standard InChI is InChI=1S/C21H26Cl2N4O3/c1-12(15-10-21(15,22)23)26-20(30)17-8-5-9-27(17)18(29)11-25-16-7-4-3-6-14(16)19(24)13(2)28/h3-4,6-7,12,15,17,24-25H,5,8-11H2,1-2H3,(H,26,30)/t12-,15-,17+/m1/s1. The number of likely N-dealkylation sites (tertiary alicyclic amines) is 1. The van der Waals surface area contributed by atoms with Crippen molar-refractivity contribution in [1.29, 1.82) is 5.41 Å². The number of carbonyl (C=O) groups excluding carboxylic acids is 3. The molecule has 162 valence electrons. The molecule has 9 heteroatoms. The number of anilines is 1. The topological polar surface area (TPSA) is 102 Å². The summed E-state index contributed by atoms with van der Waals surface area (Å²) in [7, 11) is 0. The smallest absolute Gasteiger partial charge is 0.243 e. The van der Waals surface area contributed by atoms with Crippen molar-refractivity contribution >= 4 is 52.2 Å². The average Bonchev–Trinajstić information content (AvgIpc) is 3.11. The van der Waals surface area contributed by atoms with Crippen molar-refractivity contribution in [2.24, 2.45) is 5.92 Å². The second-order valence-corrected chi connectivity index (χ2v) is 9.49. The SMILES string of the molecule is CC(=O)C(=N)c1ccccc1NCC(=O)N1CCC[C@H]1C(=O)N[C@H](C)[C@H]1CC1(Cl)Cl. The van der Waals surface area contributed by atoms with Crippen molar-refractivity contribution in [3.63, 3.8) is 0 Å². The number of nitrogens with one attached hydrogen (secondary N) is 3. The molecule has 1 aliphatic carbocycles. The molecule has 0 bridgehead atoms. The molecule has 30 heavy (non-hydrogen) atoms. The van der Waals surface area contributed by atoms with E-state index in [9.17, 15) is 14.4 Å². The molecule has 2 aliphatic rings. The van der Waals surface area contributed by atoms with Gasteiger partial charge in [0.05, 0.1) is 6.54 Å². The van der Waals surface area contributed by atoms with Crippen LogP contribution in [-0.4, -0.2) is 57.7 Å². The number of hydrogen-bond acceptors (Lipinski definition) is 5.